The summed E-state index contributed by atoms with van der Waals surface area (Å²) in [5, 5.41) is 3.31. The second kappa shape index (κ2) is 8.48. The van der Waals surface area contributed by atoms with Gasteiger partial charge in [0.2, 0.25) is 0 Å². The third-order valence-corrected chi connectivity index (χ3v) is 3.53. The molecule has 0 aliphatic heterocycles. The Labute approximate surface area is 112 Å². The van der Waals surface area contributed by atoms with Crippen molar-refractivity contribution in [2.45, 2.75) is 58.5 Å². The topological polar surface area (TPSA) is 41.6 Å². The van der Waals surface area contributed by atoms with Crippen LogP contribution < -0.4 is 5.32 Å². The van der Waals surface area contributed by atoms with E-state index in [0.717, 1.165) is 25.8 Å². The molecule has 1 atom stereocenters. The van der Waals surface area contributed by atoms with E-state index in [0.29, 0.717) is 12.6 Å². The number of esters is 1. The molecule has 0 aromatic carbocycles. The van der Waals surface area contributed by atoms with E-state index in [1.807, 2.05) is 6.92 Å². The van der Waals surface area contributed by atoms with E-state index < -0.39 is 5.54 Å². The molecule has 0 aromatic rings. The van der Waals surface area contributed by atoms with Crippen LogP contribution in [0.5, 0.6) is 0 Å². The lowest BCUT2D eigenvalue weighted by Gasteiger charge is -2.35. The predicted octanol–water partition coefficient (Wildman–Crippen LogP) is 2.04. The van der Waals surface area contributed by atoms with Crippen molar-refractivity contribution in [3.8, 4) is 0 Å². The molecule has 0 aromatic heterocycles. The largest absolute Gasteiger partial charge is 0.468 e. The average molecular weight is 258 g/mol. The smallest absolute Gasteiger partial charge is 0.327 e. The summed E-state index contributed by atoms with van der Waals surface area (Å²) in [6.45, 7) is 9.87. The van der Waals surface area contributed by atoms with Gasteiger partial charge in [0, 0.05) is 12.6 Å². The number of carbonyl (C=O) groups is 1. The van der Waals surface area contributed by atoms with Crippen molar-refractivity contribution in [1.82, 2.24) is 10.2 Å². The number of carbonyl (C=O) groups excluding carboxylic acids is 1. The minimum Gasteiger partial charge on any atom is -0.468 e. The highest BCUT2D eigenvalue weighted by molar-refractivity contribution is 5.80. The Kier molecular flexibility index (Phi) is 8.20. The van der Waals surface area contributed by atoms with Gasteiger partial charge >= 0.3 is 5.97 Å². The van der Waals surface area contributed by atoms with Gasteiger partial charge in [-0.05, 0) is 39.8 Å². The fourth-order valence-corrected chi connectivity index (χ4v) is 2.36. The summed E-state index contributed by atoms with van der Waals surface area (Å²) in [4.78, 5) is 14.2. The maximum atomic E-state index is 12.0. The Balaban J connectivity index is 4.71. The summed E-state index contributed by atoms with van der Waals surface area (Å²) in [5.74, 6) is -0.186. The van der Waals surface area contributed by atoms with Crippen LogP contribution in [0.15, 0.2) is 0 Å². The fraction of sp³-hybridized carbons (Fsp3) is 0.929. The van der Waals surface area contributed by atoms with Crippen LogP contribution in [0, 0.1) is 0 Å². The van der Waals surface area contributed by atoms with E-state index in [9.17, 15) is 4.79 Å². The first kappa shape index (κ1) is 17.4. The standard InChI is InChI=1S/C14H30N2O2/c1-7-10-15-14(4,13(17)18-6)11-16(5)12(8-2)9-3/h12,15H,7-11H2,1-6H3. The zero-order valence-corrected chi connectivity index (χ0v) is 12.9. The normalized spacial score (nSPS) is 14.9. The highest BCUT2D eigenvalue weighted by Gasteiger charge is 2.35. The maximum absolute atomic E-state index is 12.0. The van der Waals surface area contributed by atoms with Gasteiger partial charge in [-0.1, -0.05) is 20.8 Å². The quantitative estimate of drug-likeness (QED) is 0.643. The zero-order chi connectivity index (χ0) is 14.2. The number of nitrogens with zero attached hydrogens (tertiary/aromatic N) is 1. The van der Waals surface area contributed by atoms with Gasteiger partial charge in [-0.15, -0.1) is 0 Å². The van der Waals surface area contributed by atoms with Gasteiger partial charge in [-0.3, -0.25) is 4.79 Å². The number of methoxy groups -OCH3 is 1. The first-order valence-electron chi connectivity index (χ1n) is 6.98. The molecule has 0 fully saturated rings. The molecule has 0 amide bonds. The van der Waals surface area contributed by atoms with Crippen LogP contribution in [0.2, 0.25) is 0 Å². The number of rotatable bonds is 9. The Morgan fingerprint density at radius 2 is 1.89 bits per heavy atom. The zero-order valence-electron chi connectivity index (χ0n) is 12.9. The lowest BCUT2D eigenvalue weighted by Crippen LogP contribution is -2.58. The van der Waals surface area contributed by atoms with E-state index in [4.69, 9.17) is 4.74 Å². The summed E-state index contributed by atoms with van der Waals surface area (Å²) < 4.78 is 4.93. The number of likely N-dealkylation sites (N-methyl/N-ethyl adjacent to an activating group) is 1. The molecule has 1 unspecified atom stereocenters. The fourth-order valence-electron chi connectivity index (χ4n) is 2.36. The average Bonchev–Trinajstić information content (AvgIpc) is 2.36. The molecule has 0 aliphatic carbocycles. The van der Waals surface area contributed by atoms with Gasteiger partial charge in [0.25, 0.3) is 0 Å². The second-order valence-corrected chi connectivity index (χ2v) is 5.14. The second-order valence-electron chi connectivity index (χ2n) is 5.14. The van der Waals surface area contributed by atoms with Gasteiger partial charge in [0.05, 0.1) is 7.11 Å². The van der Waals surface area contributed by atoms with Crippen LogP contribution in [-0.2, 0) is 9.53 Å². The van der Waals surface area contributed by atoms with Crippen LogP contribution in [0.3, 0.4) is 0 Å². The van der Waals surface area contributed by atoms with Crippen molar-refractivity contribution in [2.24, 2.45) is 0 Å². The number of ether oxygens (including phenoxy) is 1. The predicted molar refractivity (Wildman–Crippen MR) is 75.7 cm³/mol. The van der Waals surface area contributed by atoms with Crippen LogP contribution >= 0.6 is 0 Å². The third-order valence-electron chi connectivity index (χ3n) is 3.53. The molecular weight excluding hydrogens is 228 g/mol. The summed E-state index contributed by atoms with van der Waals surface area (Å²) >= 11 is 0. The van der Waals surface area contributed by atoms with Crippen molar-refractivity contribution in [3.63, 3.8) is 0 Å². The van der Waals surface area contributed by atoms with Crippen LogP contribution in [0.25, 0.3) is 0 Å². The molecule has 4 nitrogen and oxygen atoms in total. The van der Waals surface area contributed by atoms with Crippen molar-refractivity contribution < 1.29 is 9.53 Å². The van der Waals surface area contributed by atoms with Crippen LogP contribution in [0.4, 0.5) is 0 Å². The van der Waals surface area contributed by atoms with Gasteiger partial charge < -0.3 is 15.0 Å². The van der Waals surface area contributed by atoms with Crippen molar-refractivity contribution >= 4 is 5.97 Å². The molecule has 0 rings (SSSR count). The molecule has 0 spiro atoms. The molecule has 0 radical (unpaired) electrons. The Morgan fingerprint density at radius 1 is 1.33 bits per heavy atom. The molecule has 4 heteroatoms. The number of hydrogen-bond acceptors (Lipinski definition) is 4. The summed E-state index contributed by atoms with van der Waals surface area (Å²) in [7, 11) is 3.53. The molecule has 18 heavy (non-hydrogen) atoms. The van der Waals surface area contributed by atoms with Crippen LogP contribution in [0.1, 0.15) is 47.0 Å². The lowest BCUT2D eigenvalue weighted by molar-refractivity contribution is -0.148. The molecule has 0 heterocycles. The van der Waals surface area contributed by atoms with E-state index >= 15 is 0 Å². The first-order chi connectivity index (χ1) is 8.45. The lowest BCUT2D eigenvalue weighted by atomic mass is 9.99. The number of nitrogens with one attached hydrogen (secondary N) is 1. The van der Waals surface area contributed by atoms with Crippen molar-refractivity contribution in [3.05, 3.63) is 0 Å². The molecule has 0 aliphatic rings. The minimum absolute atomic E-state index is 0.186. The van der Waals surface area contributed by atoms with E-state index in [-0.39, 0.29) is 5.97 Å². The summed E-state index contributed by atoms with van der Waals surface area (Å²) in [6.07, 6.45) is 3.19. The maximum Gasteiger partial charge on any atom is 0.327 e. The van der Waals surface area contributed by atoms with Gasteiger partial charge in [-0.25, -0.2) is 0 Å². The van der Waals surface area contributed by atoms with Crippen molar-refractivity contribution in [1.29, 1.82) is 0 Å². The summed E-state index contributed by atoms with van der Waals surface area (Å²) in [6, 6.07) is 0.511. The molecule has 108 valence electrons. The minimum atomic E-state index is -0.623. The SMILES string of the molecule is CCCNC(C)(CN(C)C(CC)CC)C(=O)OC. The van der Waals surface area contributed by atoms with Gasteiger partial charge in [0.1, 0.15) is 5.54 Å². The molecule has 1 N–H and O–H groups in total. The highest BCUT2D eigenvalue weighted by Crippen LogP contribution is 2.14. The summed E-state index contributed by atoms with van der Waals surface area (Å²) in [5.41, 5.74) is -0.623. The molecular formula is C14H30N2O2. The molecule has 0 saturated carbocycles. The monoisotopic (exact) mass is 258 g/mol. The van der Waals surface area contributed by atoms with E-state index in [2.05, 4.69) is 38.0 Å². The Morgan fingerprint density at radius 3 is 2.28 bits per heavy atom. The van der Waals surface area contributed by atoms with Gasteiger partial charge in [-0.2, -0.15) is 0 Å². The molecule has 0 saturated heterocycles. The van der Waals surface area contributed by atoms with Crippen LogP contribution in [-0.4, -0.2) is 49.7 Å². The highest BCUT2D eigenvalue weighted by atomic mass is 16.5. The number of hydrogen-bond donors (Lipinski definition) is 1. The Hall–Kier alpha value is -0.610. The molecule has 0 bridgehead atoms. The van der Waals surface area contributed by atoms with Gasteiger partial charge in [0.15, 0.2) is 0 Å². The Bertz CT molecular complexity index is 242. The first-order valence-corrected chi connectivity index (χ1v) is 6.98. The van der Waals surface area contributed by atoms with E-state index in [1.165, 1.54) is 7.11 Å². The third kappa shape index (κ3) is 4.94. The van der Waals surface area contributed by atoms with Crippen molar-refractivity contribution in [2.75, 3.05) is 27.2 Å². The van der Waals surface area contributed by atoms with E-state index in [1.54, 1.807) is 0 Å².